The molecule has 1 aromatic heterocycles. The summed E-state index contributed by atoms with van der Waals surface area (Å²) >= 11 is 0. The molecule has 0 bridgehead atoms. The van der Waals surface area contributed by atoms with Crippen molar-refractivity contribution < 1.29 is 9.21 Å². The van der Waals surface area contributed by atoms with Gasteiger partial charge >= 0.3 is 0 Å². The molecule has 1 atom stereocenters. The lowest BCUT2D eigenvalue weighted by atomic mass is 10.1. The van der Waals surface area contributed by atoms with Gasteiger partial charge in [-0.1, -0.05) is 13.8 Å². The first kappa shape index (κ1) is 13.8. The molecule has 4 heteroatoms. The maximum absolute atomic E-state index is 12.3. The molecule has 0 aliphatic rings. The average molecular weight is 238 g/mol. The Balaban J connectivity index is 2.79. The van der Waals surface area contributed by atoms with Crippen LogP contribution in [0.2, 0.25) is 0 Å². The number of amides is 1. The largest absolute Gasteiger partial charge is 0.469 e. The maximum atomic E-state index is 12.3. The molecular formula is C13H22N2O2. The summed E-state index contributed by atoms with van der Waals surface area (Å²) in [7, 11) is 0. The van der Waals surface area contributed by atoms with Crippen molar-refractivity contribution in [1.82, 2.24) is 4.90 Å². The molecule has 17 heavy (non-hydrogen) atoms. The smallest absolute Gasteiger partial charge is 0.257 e. The molecule has 0 aromatic carbocycles. The lowest BCUT2D eigenvalue weighted by molar-refractivity contribution is 0.0741. The molecule has 0 fully saturated rings. The minimum atomic E-state index is 0.0402. The van der Waals surface area contributed by atoms with E-state index in [9.17, 15) is 4.79 Å². The Kier molecular flexibility index (Phi) is 5.22. The van der Waals surface area contributed by atoms with Gasteiger partial charge in [0.2, 0.25) is 0 Å². The third-order valence-corrected chi connectivity index (χ3v) is 2.90. The Morgan fingerprint density at radius 2 is 2.24 bits per heavy atom. The summed E-state index contributed by atoms with van der Waals surface area (Å²) in [6.45, 7) is 7.99. The highest BCUT2D eigenvalue weighted by Gasteiger charge is 2.20. The molecule has 2 N–H and O–H groups in total. The number of carbonyl (C=O) groups is 1. The molecule has 1 rings (SSSR count). The monoisotopic (exact) mass is 238 g/mol. The van der Waals surface area contributed by atoms with Crippen molar-refractivity contribution in [2.24, 2.45) is 11.7 Å². The van der Waals surface area contributed by atoms with E-state index in [4.69, 9.17) is 10.2 Å². The summed E-state index contributed by atoms with van der Waals surface area (Å²) in [5, 5.41) is 0. The zero-order valence-electron chi connectivity index (χ0n) is 10.9. The van der Waals surface area contributed by atoms with Crippen LogP contribution in [0.1, 0.15) is 36.9 Å². The molecule has 4 nitrogen and oxygen atoms in total. The first-order valence-corrected chi connectivity index (χ1v) is 6.19. The maximum Gasteiger partial charge on any atom is 0.257 e. The van der Waals surface area contributed by atoms with Gasteiger partial charge in [0.25, 0.3) is 5.91 Å². The van der Waals surface area contributed by atoms with E-state index in [0.29, 0.717) is 31.1 Å². The van der Waals surface area contributed by atoms with Crippen molar-refractivity contribution in [3.05, 3.63) is 23.7 Å². The Morgan fingerprint density at radius 1 is 1.53 bits per heavy atom. The van der Waals surface area contributed by atoms with Crippen LogP contribution in [0.25, 0.3) is 0 Å². The van der Waals surface area contributed by atoms with Crippen LogP contribution >= 0.6 is 0 Å². The molecule has 1 aromatic rings. The van der Waals surface area contributed by atoms with E-state index in [1.165, 1.54) is 0 Å². The lowest BCUT2D eigenvalue weighted by Gasteiger charge is -2.23. The zero-order valence-corrected chi connectivity index (χ0v) is 10.9. The lowest BCUT2D eigenvalue weighted by Crippen LogP contribution is -2.36. The second-order valence-corrected chi connectivity index (χ2v) is 4.30. The molecule has 96 valence electrons. The predicted molar refractivity (Wildman–Crippen MR) is 67.9 cm³/mol. The third-order valence-electron chi connectivity index (χ3n) is 2.90. The van der Waals surface area contributed by atoms with Gasteiger partial charge in [0, 0.05) is 19.5 Å². The van der Waals surface area contributed by atoms with E-state index in [-0.39, 0.29) is 5.91 Å². The van der Waals surface area contributed by atoms with Crippen molar-refractivity contribution in [3.63, 3.8) is 0 Å². The van der Waals surface area contributed by atoms with Crippen molar-refractivity contribution in [3.8, 4) is 0 Å². The van der Waals surface area contributed by atoms with Crippen LogP contribution in [-0.4, -0.2) is 30.4 Å². The number of carbonyl (C=O) groups excluding carboxylic acids is 1. The number of rotatable bonds is 6. The molecule has 0 aliphatic carbocycles. The number of furan rings is 1. The van der Waals surface area contributed by atoms with Crippen molar-refractivity contribution in [2.75, 3.05) is 19.6 Å². The van der Waals surface area contributed by atoms with Crippen LogP contribution in [0.4, 0.5) is 0 Å². The molecule has 0 aliphatic heterocycles. The topological polar surface area (TPSA) is 59.5 Å². The number of nitrogens with two attached hydrogens (primary N) is 1. The Morgan fingerprint density at radius 3 is 2.76 bits per heavy atom. The molecule has 1 heterocycles. The van der Waals surface area contributed by atoms with E-state index in [2.05, 4.69) is 0 Å². The van der Waals surface area contributed by atoms with Crippen LogP contribution in [0, 0.1) is 5.92 Å². The Bertz CT molecular complexity index is 360. The molecular weight excluding hydrogens is 216 g/mol. The van der Waals surface area contributed by atoms with Crippen LogP contribution in [0.5, 0.6) is 0 Å². The highest BCUT2D eigenvalue weighted by molar-refractivity contribution is 5.95. The summed E-state index contributed by atoms with van der Waals surface area (Å²) in [4.78, 5) is 14.1. The summed E-state index contributed by atoms with van der Waals surface area (Å²) in [5.74, 6) is 1.11. The summed E-state index contributed by atoms with van der Waals surface area (Å²) in [6, 6.07) is 1.75. The van der Waals surface area contributed by atoms with Crippen LogP contribution in [0.3, 0.4) is 0 Å². The quantitative estimate of drug-likeness (QED) is 0.823. The summed E-state index contributed by atoms with van der Waals surface area (Å²) in [5.41, 5.74) is 6.27. The molecule has 0 saturated carbocycles. The van der Waals surface area contributed by atoms with Gasteiger partial charge in [0.05, 0.1) is 11.8 Å². The highest BCUT2D eigenvalue weighted by Crippen LogP contribution is 2.14. The minimum Gasteiger partial charge on any atom is -0.469 e. The van der Waals surface area contributed by atoms with Crippen molar-refractivity contribution in [1.29, 1.82) is 0 Å². The van der Waals surface area contributed by atoms with Crippen LogP contribution in [0.15, 0.2) is 16.7 Å². The zero-order chi connectivity index (χ0) is 12.8. The molecule has 0 saturated heterocycles. The molecule has 1 amide bonds. The van der Waals surface area contributed by atoms with Gasteiger partial charge in [-0.05, 0) is 25.5 Å². The van der Waals surface area contributed by atoms with Crippen molar-refractivity contribution >= 4 is 5.91 Å². The van der Waals surface area contributed by atoms with Gasteiger partial charge in [-0.15, -0.1) is 0 Å². The van der Waals surface area contributed by atoms with Gasteiger partial charge in [-0.2, -0.15) is 0 Å². The fourth-order valence-electron chi connectivity index (χ4n) is 1.78. The predicted octanol–water partition coefficient (Wildman–Crippen LogP) is 1.90. The fraction of sp³-hybridized carbons (Fsp3) is 0.615. The average Bonchev–Trinajstić information content (AvgIpc) is 2.82. The van der Waals surface area contributed by atoms with Gasteiger partial charge in [-0.3, -0.25) is 4.79 Å². The minimum absolute atomic E-state index is 0.0402. The van der Waals surface area contributed by atoms with Gasteiger partial charge in [0.1, 0.15) is 5.76 Å². The van der Waals surface area contributed by atoms with Crippen LogP contribution in [-0.2, 0) is 6.42 Å². The molecule has 0 radical (unpaired) electrons. The van der Waals surface area contributed by atoms with Crippen molar-refractivity contribution in [2.45, 2.75) is 27.2 Å². The van der Waals surface area contributed by atoms with Crippen LogP contribution < -0.4 is 5.73 Å². The van der Waals surface area contributed by atoms with E-state index < -0.39 is 0 Å². The third kappa shape index (κ3) is 3.33. The van der Waals surface area contributed by atoms with Gasteiger partial charge < -0.3 is 15.1 Å². The number of hydrogen-bond acceptors (Lipinski definition) is 3. The van der Waals surface area contributed by atoms with E-state index in [1.54, 1.807) is 12.3 Å². The Hall–Kier alpha value is -1.29. The molecule has 1 unspecified atom stereocenters. The first-order chi connectivity index (χ1) is 8.13. The van der Waals surface area contributed by atoms with E-state index in [1.807, 2.05) is 25.7 Å². The van der Waals surface area contributed by atoms with Gasteiger partial charge in [-0.25, -0.2) is 0 Å². The summed E-state index contributed by atoms with van der Waals surface area (Å²) in [6.07, 6.45) is 2.31. The van der Waals surface area contributed by atoms with E-state index in [0.717, 1.165) is 12.2 Å². The normalized spacial score (nSPS) is 12.5. The number of nitrogens with zero attached hydrogens (tertiary/aromatic N) is 1. The first-order valence-electron chi connectivity index (χ1n) is 6.19. The highest BCUT2D eigenvalue weighted by atomic mass is 16.3. The van der Waals surface area contributed by atoms with Gasteiger partial charge in [0.15, 0.2) is 0 Å². The standard InChI is InChI=1S/C13H22N2O2/c1-4-12-11(6-7-17-12)13(16)15(5-2)9-10(3)8-14/h6-7,10H,4-5,8-9,14H2,1-3H3. The summed E-state index contributed by atoms with van der Waals surface area (Å²) < 4.78 is 5.29. The fourth-order valence-corrected chi connectivity index (χ4v) is 1.78. The molecule has 0 spiro atoms. The second kappa shape index (κ2) is 6.45. The SMILES string of the molecule is CCc1occc1C(=O)N(CC)CC(C)CN. The number of aryl methyl sites for hydroxylation is 1. The number of hydrogen-bond donors (Lipinski definition) is 1. The van der Waals surface area contributed by atoms with E-state index >= 15 is 0 Å². The second-order valence-electron chi connectivity index (χ2n) is 4.30. The Labute approximate surface area is 103 Å².